The number of alkyl halides is 3. The number of hydrogen-bond acceptors (Lipinski definition) is 3. The molecule has 0 fully saturated rings. The molecule has 0 amide bonds. The summed E-state index contributed by atoms with van der Waals surface area (Å²) in [4.78, 5) is 0. The van der Waals surface area contributed by atoms with Crippen LogP contribution in [0.3, 0.4) is 0 Å². The molecular weight excluding hydrogens is 426 g/mol. The van der Waals surface area contributed by atoms with E-state index in [0.717, 1.165) is 11.6 Å². The number of ether oxygens (including phenoxy) is 1. The first-order valence-corrected chi connectivity index (χ1v) is 9.94. The van der Waals surface area contributed by atoms with Gasteiger partial charge in [0, 0.05) is 5.54 Å². The summed E-state index contributed by atoms with van der Waals surface area (Å²) in [6.45, 7) is 1.55. The third-order valence-electron chi connectivity index (χ3n) is 4.55. The zero-order chi connectivity index (χ0) is 21.7. The Morgan fingerprint density at radius 1 is 1.00 bits per heavy atom. The molecule has 3 nitrogen and oxygen atoms in total. The maximum atomic E-state index is 13.5. The molecule has 0 unspecified atom stereocenters. The van der Waals surface area contributed by atoms with Crippen LogP contribution in [-0.2, 0) is 19.0 Å². The van der Waals surface area contributed by atoms with E-state index >= 15 is 0 Å². The van der Waals surface area contributed by atoms with Crippen LogP contribution in [0.2, 0.25) is 10.0 Å². The lowest BCUT2D eigenvalue weighted by atomic mass is 9.94. The largest absolute Gasteiger partial charge is 0.493 e. The topological polar surface area (TPSA) is 55.5 Å². The van der Waals surface area contributed by atoms with Gasteiger partial charge in [0.05, 0.1) is 28.8 Å². The Morgan fingerprint density at radius 3 is 2.28 bits per heavy atom. The molecule has 160 valence electrons. The second-order valence-electron chi connectivity index (χ2n) is 7.34. The minimum atomic E-state index is -4.53. The molecule has 2 rings (SSSR count). The molecule has 2 aromatic carbocycles. The lowest BCUT2D eigenvalue weighted by Gasteiger charge is -2.22. The van der Waals surface area contributed by atoms with Crippen LogP contribution in [0.4, 0.5) is 13.2 Å². The van der Waals surface area contributed by atoms with E-state index in [9.17, 15) is 18.3 Å². The van der Waals surface area contributed by atoms with Crippen molar-refractivity contribution in [3.8, 4) is 5.75 Å². The van der Waals surface area contributed by atoms with Crippen molar-refractivity contribution < 1.29 is 23.0 Å². The summed E-state index contributed by atoms with van der Waals surface area (Å²) in [5.74, 6) is -0.201. The number of hydrogen-bond donors (Lipinski definition) is 2. The average Bonchev–Trinajstić information content (AvgIpc) is 2.66. The number of aryl methyl sites for hydroxylation is 2. The highest BCUT2D eigenvalue weighted by atomic mass is 35.5. The molecule has 0 saturated carbocycles. The second kappa shape index (κ2) is 10.0. The molecule has 1 atom stereocenters. The highest BCUT2D eigenvalue weighted by molar-refractivity contribution is 6.42. The van der Waals surface area contributed by atoms with E-state index in [4.69, 9.17) is 33.7 Å². The third kappa shape index (κ3) is 7.37. The van der Waals surface area contributed by atoms with Crippen LogP contribution >= 0.6 is 23.2 Å². The molecule has 0 aliphatic rings. The molecule has 0 heterocycles. The van der Waals surface area contributed by atoms with Crippen LogP contribution in [0.25, 0.3) is 0 Å². The molecule has 29 heavy (non-hydrogen) atoms. The van der Waals surface area contributed by atoms with Crippen molar-refractivity contribution in [3.05, 3.63) is 63.1 Å². The van der Waals surface area contributed by atoms with Gasteiger partial charge in [-0.3, -0.25) is 0 Å². The van der Waals surface area contributed by atoms with Crippen LogP contribution in [0.1, 0.15) is 36.5 Å². The molecule has 0 aliphatic heterocycles. The summed E-state index contributed by atoms with van der Waals surface area (Å²) in [6, 6.07) is 9.26. The van der Waals surface area contributed by atoms with Crippen molar-refractivity contribution in [2.45, 2.75) is 44.3 Å². The van der Waals surface area contributed by atoms with Crippen molar-refractivity contribution in [3.63, 3.8) is 0 Å². The van der Waals surface area contributed by atoms with E-state index < -0.39 is 17.3 Å². The maximum absolute atomic E-state index is 13.5. The van der Waals surface area contributed by atoms with Gasteiger partial charge in [-0.2, -0.15) is 13.2 Å². The number of benzene rings is 2. The first kappa shape index (κ1) is 23.8. The van der Waals surface area contributed by atoms with Gasteiger partial charge < -0.3 is 15.6 Å². The standard InChI is InChI=1S/C21H24Cl2F3NO2/c1-20(27,13-28)9-8-15-5-7-19(16(11-15)21(24,25)26)29-10-2-3-14-4-6-17(22)18(23)12-14/h4-7,11-12,28H,2-3,8-10,13,27H2,1H3/t20-/m1/s1. The summed E-state index contributed by atoms with van der Waals surface area (Å²) >= 11 is 11.8. The monoisotopic (exact) mass is 449 g/mol. The lowest BCUT2D eigenvalue weighted by molar-refractivity contribution is -0.139. The van der Waals surface area contributed by atoms with Crippen molar-refractivity contribution in [2.75, 3.05) is 13.2 Å². The van der Waals surface area contributed by atoms with Gasteiger partial charge in [-0.05, 0) is 68.0 Å². The van der Waals surface area contributed by atoms with E-state index in [2.05, 4.69) is 0 Å². The lowest BCUT2D eigenvalue weighted by Crippen LogP contribution is -2.40. The number of halogens is 5. The normalized spacial score (nSPS) is 13.9. The Balaban J connectivity index is 2.00. The zero-order valence-corrected chi connectivity index (χ0v) is 17.5. The molecule has 0 spiro atoms. The van der Waals surface area contributed by atoms with E-state index in [1.165, 1.54) is 6.07 Å². The molecule has 8 heteroatoms. The fourth-order valence-corrected chi connectivity index (χ4v) is 3.06. The van der Waals surface area contributed by atoms with Gasteiger partial charge in [-0.15, -0.1) is 0 Å². The smallest absolute Gasteiger partial charge is 0.419 e. The summed E-state index contributed by atoms with van der Waals surface area (Å²) in [5, 5.41) is 10.1. The van der Waals surface area contributed by atoms with Crippen molar-refractivity contribution in [1.82, 2.24) is 0 Å². The van der Waals surface area contributed by atoms with Gasteiger partial charge in [0.25, 0.3) is 0 Å². The van der Waals surface area contributed by atoms with Crippen molar-refractivity contribution >= 4 is 23.2 Å². The Bertz CT molecular complexity index is 826. The molecule has 0 bridgehead atoms. The fourth-order valence-electron chi connectivity index (χ4n) is 2.74. The first-order valence-electron chi connectivity index (χ1n) is 9.18. The van der Waals surface area contributed by atoms with Gasteiger partial charge in [0.1, 0.15) is 5.75 Å². The van der Waals surface area contributed by atoms with Gasteiger partial charge in [-0.25, -0.2) is 0 Å². The van der Waals surface area contributed by atoms with Crippen LogP contribution in [0.15, 0.2) is 36.4 Å². The quantitative estimate of drug-likeness (QED) is 0.485. The van der Waals surface area contributed by atoms with Crippen LogP contribution < -0.4 is 10.5 Å². The zero-order valence-electron chi connectivity index (χ0n) is 16.0. The van der Waals surface area contributed by atoms with E-state index in [1.54, 1.807) is 25.1 Å². The molecule has 0 aromatic heterocycles. The number of aliphatic hydroxyl groups excluding tert-OH is 1. The molecule has 0 saturated heterocycles. The van der Waals surface area contributed by atoms with Gasteiger partial charge in [0.15, 0.2) is 0 Å². The Kier molecular flexibility index (Phi) is 8.23. The SMILES string of the molecule is C[C@](N)(CO)CCc1ccc(OCCCc2ccc(Cl)c(Cl)c2)c(C(F)(F)F)c1. The maximum Gasteiger partial charge on any atom is 0.419 e. The van der Waals surface area contributed by atoms with E-state index in [1.807, 2.05) is 6.07 Å². The molecule has 3 N–H and O–H groups in total. The van der Waals surface area contributed by atoms with Gasteiger partial charge in [-0.1, -0.05) is 35.3 Å². The Hall–Kier alpha value is -1.47. The predicted molar refractivity (Wildman–Crippen MR) is 110 cm³/mol. The van der Waals surface area contributed by atoms with E-state index in [0.29, 0.717) is 41.3 Å². The average molecular weight is 450 g/mol. The first-order chi connectivity index (χ1) is 13.5. The van der Waals surface area contributed by atoms with Crippen molar-refractivity contribution in [1.29, 1.82) is 0 Å². The van der Waals surface area contributed by atoms with Gasteiger partial charge >= 0.3 is 6.18 Å². The van der Waals surface area contributed by atoms with Crippen molar-refractivity contribution in [2.24, 2.45) is 5.73 Å². The summed E-state index contributed by atoms with van der Waals surface area (Å²) < 4.78 is 45.8. The number of nitrogens with two attached hydrogens (primary N) is 1. The van der Waals surface area contributed by atoms with Crippen LogP contribution in [-0.4, -0.2) is 23.9 Å². The Morgan fingerprint density at radius 2 is 1.66 bits per heavy atom. The van der Waals surface area contributed by atoms with Gasteiger partial charge in [0.2, 0.25) is 0 Å². The minimum absolute atomic E-state index is 0.133. The highest BCUT2D eigenvalue weighted by Crippen LogP contribution is 2.37. The second-order valence-corrected chi connectivity index (χ2v) is 8.16. The highest BCUT2D eigenvalue weighted by Gasteiger charge is 2.34. The molecule has 0 radical (unpaired) electrons. The number of aliphatic hydroxyl groups is 1. The van der Waals surface area contributed by atoms with Crippen LogP contribution in [0, 0.1) is 0 Å². The molecule has 2 aromatic rings. The predicted octanol–water partition coefficient (Wildman–Crippen LogP) is 5.67. The summed E-state index contributed by atoms with van der Waals surface area (Å²) in [5.41, 5.74) is 5.63. The van der Waals surface area contributed by atoms with Crippen LogP contribution in [0.5, 0.6) is 5.75 Å². The third-order valence-corrected chi connectivity index (χ3v) is 5.29. The minimum Gasteiger partial charge on any atom is -0.493 e. The molecule has 0 aliphatic carbocycles. The number of rotatable bonds is 9. The molecular formula is C21H24Cl2F3NO2. The fraction of sp³-hybridized carbons (Fsp3) is 0.429. The Labute approximate surface area is 178 Å². The van der Waals surface area contributed by atoms with E-state index in [-0.39, 0.29) is 19.0 Å². The summed E-state index contributed by atoms with van der Waals surface area (Å²) in [7, 11) is 0. The summed E-state index contributed by atoms with van der Waals surface area (Å²) in [6.07, 6.45) is -2.71.